The summed E-state index contributed by atoms with van der Waals surface area (Å²) in [5, 5.41) is 1.60. The first-order valence-electron chi connectivity index (χ1n) is 27.5. The van der Waals surface area contributed by atoms with Crippen molar-refractivity contribution in [3.05, 3.63) is 230 Å². The van der Waals surface area contributed by atoms with Gasteiger partial charge in [0.05, 0.1) is 0 Å². The third-order valence-electron chi connectivity index (χ3n) is 13.6. The Hall–Kier alpha value is -7.77. The highest BCUT2D eigenvalue weighted by Crippen LogP contribution is 2.48. The van der Waals surface area contributed by atoms with E-state index in [1.54, 1.807) is 72.8 Å². The summed E-state index contributed by atoms with van der Waals surface area (Å²) < 4.78 is 32.5. The van der Waals surface area contributed by atoms with Crippen LogP contribution in [0.4, 0.5) is 0 Å². The lowest BCUT2D eigenvalue weighted by molar-refractivity contribution is -0.149. The van der Waals surface area contributed by atoms with Gasteiger partial charge < -0.3 is 28.4 Å². The van der Waals surface area contributed by atoms with Gasteiger partial charge in [-0.15, -0.1) is 0 Å². The predicted molar refractivity (Wildman–Crippen MR) is 326 cm³/mol. The molecule has 0 aliphatic carbocycles. The Bertz CT molecular complexity index is 3100. The van der Waals surface area contributed by atoms with Gasteiger partial charge in [0.2, 0.25) is 0 Å². The van der Waals surface area contributed by atoms with Gasteiger partial charge >= 0.3 is 35.8 Å². The number of benzene rings is 6. The fourth-order valence-corrected chi connectivity index (χ4v) is 10.5. The summed E-state index contributed by atoms with van der Waals surface area (Å²) in [6.45, 7) is 16.3. The van der Waals surface area contributed by atoms with Gasteiger partial charge in [0, 0.05) is 50.0 Å². The minimum absolute atomic E-state index is 0.299. The van der Waals surface area contributed by atoms with Crippen LogP contribution in [-0.2, 0) is 78.5 Å². The van der Waals surface area contributed by atoms with Crippen molar-refractivity contribution in [1.82, 2.24) is 0 Å². The van der Waals surface area contributed by atoms with E-state index in [0.29, 0.717) is 70.8 Å². The minimum atomic E-state index is -0.944. The SMILES string of the molecule is CC(C)(C)OC(=O)/C=C/C[C@@]1(Cc2ccccc2)C(=O)Oc2ccc(Cl)cc21.CC(C)(C)OC(=O)/C=C/C[C@@]1(Cc2ccccc2)C(=O)Oc2ccc(Cl)cc21.CC(C)(C)OC(=O)/C=C/C[C@@]1(Cc2ccccc2)C(=O)Oc2ccc(Cl)cc21. The molecule has 0 saturated heterocycles. The van der Waals surface area contributed by atoms with Gasteiger partial charge in [0.25, 0.3) is 0 Å². The molecule has 0 radical (unpaired) electrons. The number of rotatable bonds is 15. The monoisotopic (exact) mass is 1190 g/mol. The molecule has 0 fully saturated rings. The maximum atomic E-state index is 13.0. The second-order valence-corrected chi connectivity index (χ2v) is 25.1. The number of hydrogen-bond donors (Lipinski definition) is 0. The smallest absolute Gasteiger partial charge is 0.330 e. The van der Waals surface area contributed by atoms with Gasteiger partial charge in [0.15, 0.2) is 0 Å². The molecule has 3 heterocycles. The number of allylic oxidation sites excluding steroid dienone is 3. The molecule has 0 saturated carbocycles. The molecule has 438 valence electrons. The Kier molecular flexibility index (Phi) is 20.4. The maximum absolute atomic E-state index is 13.0. The topological polar surface area (TPSA) is 158 Å². The van der Waals surface area contributed by atoms with Crippen LogP contribution in [0, 0.1) is 0 Å². The van der Waals surface area contributed by atoms with Gasteiger partial charge in [-0.1, -0.05) is 144 Å². The van der Waals surface area contributed by atoms with E-state index in [1.807, 2.05) is 153 Å². The third-order valence-corrected chi connectivity index (χ3v) is 14.3. The van der Waals surface area contributed by atoms with Gasteiger partial charge in [0.1, 0.15) is 50.3 Å². The second kappa shape index (κ2) is 26.9. The van der Waals surface area contributed by atoms with Crippen LogP contribution >= 0.6 is 34.8 Å². The summed E-state index contributed by atoms with van der Waals surface area (Å²) >= 11 is 18.6. The number of esters is 6. The third kappa shape index (κ3) is 16.7. The molecule has 0 bridgehead atoms. The number of carbonyl (C=O) groups excluding carboxylic acids is 6. The first-order valence-corrected chi connectivity index (χ1v) is 28.6. The van der Waals surface area contributed by atoms with Crippen LogP contribution in [0.2, 0.25) is 15.1 Å². The van der Waals surface area contributed by atoms with Crippen molar-refractivity contribution in [3.63, 3.8) is 0 Å². The molecule has 0 unspecified atom stereocenters. The normalized spacial score (nSPS) is 18.8. The summed E-state index contributed by atoms with van der Waals surface area (Å²) in [7, 11) is 0. The molecule has 0 N–H and O–H groups in total. The van der Waals surface area contributed by atoms with Crippen molar-refractivity contribution in [2.45, 2.75) is 134 Å². The Morgan fingerprint density at radius 3 is 0.857 bits per heavy atom. The molecule has 3 aliphatic rings. The van der Waals surface area contributed by atoms with Crippen molar-refractivity contribution < 1.29 is 57.2 Å². The summed E-state index contributed by atoms with van der Waals surface area (Å²) in [4.78, 5) is 75.0. The van der Waals surface area contributed by atoms with Crippen molar-refractivity contribution in [3.8, 4) is 17.2 Å². The lowest BCUT2D eigenvalue weighted by Gasteiger charge is -2.25. The van der Waals surface area contributed by atoms with Crippen LogP contribution in [0.15, 0.2) is 182 Å². The quantitative estimate of drug-likeness (QED) is 0.0415. The van der Waals surface area contributed by atoms with Crippen LogP contribution in [0.1, 0.15) is 115 Å². The van der Waals surface area contributed by atoms with Gasteiger partial charge in [-0.25, -0.2) is 14.4 Å². The Labute approximate surface area is 506 Å². The summed E-state index contributed by atoms with van der Waals surface area (Å²) in [5.41, 5.74) is 0.656. The van der Waals surface area contributed by atoms with Crippen molar-refractivity contribution >= 4 is 70.6 Å². The molecule has 9 rings (SSSR count). The van der Waals surface area contributed by atoms with Gasteiger partial charge in [-0.05, 0) is 172 Å². The zero-order valence-corrected chi connectivity index (χ0v) is 50.9. The molecular weight excluding hydrogens is 1130 g/mol. The van der Waals surface area contributed by atoms with E-state index in [1.165, 1.54) is 18.2 Å². The van der Waals surface area contributed by atoms with E-state index in [0.717, 1.165) is 33.4 Å². The molecular formula is C69H69Cl3O12. The van der Waals surface area contributed by atoms with Crippen molar-refractivity contribution in [1.29, 1.82) is 0 Å². The minimum Gasteiger partial charge on any atom is -0.457 e. The number of carbonyl (C=O) groups is 6. The lowest BCUT2D eigenvalue weighted by atomic mass is 9.74. The molecule has 0 spiro atoms. The first kappa shape index (κ1) is 63.8. The first-order chi connectivity index (χ1) is 39.6. The number of ether oxygens (including phenoxy) is 6. The molecule has 6 aromatic rings. The standard InChI is InChI=1S/3C23H23ClO4/c3*1-22(2,3)28-20(25)10-7-13-23(15-16-8-5-4-6-9-16)18-14-17(24)11-12-19(18)27-21(23)26/h3*4-12,14H,13,15H2,1-3H3/b3*10-7+/t3*23-/m000/s1. The van der Waals surface area contributed by atoms with Crippen LogP contribution in [0.5, 0.6) is 17.2 Å². The van der Waals surface area contributed by atoms with E-state index < -0.39 is 51.0 Å². The highest BCUT2D eigenvalue weighted by molar-refractivity contribution is 6.31. The molecule has 15 heteroatoms. The number of hydrogen-bond acceptors (Lipinski definition) is 12. The molecule has 0 amide bonds. The number of halogens is 3. The zero-order chi connectivity index (χ0) is 61.1. The maximum Gasteiger partial charge on any atom is 0.330 e. The average molecular weight is 1200 g/mol. The molecule has 3 atom stereocenters. The predicted octanol–water partition coefficient (Wildman–Crippen LogP) is 15.1. The lowest BCUT2D eigenvalue weighted by Crippen LogP contribution is -2.36. The largest absolute Gasteiger partial charge is 0.457 e. The highest BCUT2D eigenvalue weighted by atomic mass is 35.5. The summed E-state index contributed by atoms with van der Waals surface area (Å²) in [6.07, 6.45) is 11.4. The Morgan fingerprint density at radius 2 is 0.631 bits per heavy atom. The fraction of sp³-hybridized carbons (Fsp3) is 0.304. The Morgan fingerprint density at radius 1 is 0.393 bits per heavy atom. The number of fused-ring (bicyclic) bond motifs is 3. The van der Waals surface area contributed by atoms with Gasteiger partial charge in [-0.2, -0.15) is 0 Å². The van der Waals surface area contributed by atoms with E-state index >= 15 is 0 Å². The molecule has 3 aliphatic heterocycles. The van der Waals surface area contributed by atoms with Gasteiger partial charge in [-0.3, -0.25) is 14.4 Å². The van der Waals surface area contributed by atoms with Crippen molar-refractivity contribution in [2.75, 3.05) is 0 Å². The van der Waals surface area contributed by atoms with Crippen LogP contribution in [0.3, 0.4) is 0 Å². The second-order valence-electron chi connectivity index (χ2n) is 23.7. The summed E-state index contributed by atoms with van der Waals surface area (Å²) in [6, 6.07) is 44.7. The van der Waals surface area contributed by atoms with E-state index in [4.69, 9.17) is 63.2 Å². The van der Waals surface area contributed by atoms with E-state index in [9.17, 15) is 28.8 Å². The van der Waals surface area contributed by atoms with Crippen LogP contribution in [-0.4, -0.2) is 52.6 Å². The van der Waals surface area contributed by atoms with Crippen LogP contribution in [0.25, 0.3) is 0 Å². The average Bonchev–Trinajstić information content (AvgIpc) is 1.83. The van der Waals surface area contributed by atoms with E-state index in [-0.39, 0.29) is 17.9 Å². The fourth-order valence-electron chi connectivity index (χ4n) is 10.0. The highest BCUT2D eigenvalue weighted by Gasteiger charge is 2.51. The molecule has 84 heavy (non-hydrogen) atoms. The molecule has 12 nitrogen and oxygen atoms in total. The molecule has 0 aromatic heterocycles. The van der Waals surface area contributed by atoms with Crippen LogP contribution < -0.4 is 14.2 Å². The zero-order valence-electron chi connectivity index (χ0n) is 48.6. The van der Waals surface area contributed by atoms with Crippen molar-refractivity contribution in [2.24, 2.45) is 0 Å². The van der Waals surface area contributed by atoms with E-state index in [2.05, 4.69) is 0 Å². The Balaban J connectivity index is 0.000000181. The molecule has 6 aromatic carbocycles. The summed E-state index contributed by atoms with van der Waals surface area (Å²) in [5.74, 6) is -0.837.